The Labute approximate surface area is 71.0 Å². The number of aromatic nitrogens is 2. The van der Waals surface area contributed by atoms with Gasteiger partial charge in [0, 0.05) is 19.3 Å². The van der Waals surface area contributed by atoms with Gasteiger partial charge in [0.25, 0.3) is 0 Å². The number of nitrogens with one attached hydrogen (secondary N) is 1. The summed E-state index contributed by atoms with van der Waals surface area (Å²) in [6, 6.07) is 1.75. The van der Waals surface area contributed by atoms with Crippen LogP contribution in [0.5, 0.6) is 0 Å². The van der Waals surface area contributed by atoms with Gasteiger partial charge >= 0.3 is 0 Å². The lowest BCUT2D eigenvalue weighted by molar-refractivity contribution is 0.269. The summed E-state index contributed by atoms with van der Waals surface area (Å²) in [5.74, 6) is 0.611. The lowest BCUT2D eigenvalue weighted by Gasteiger charge is -1.97. The maximum atomic E-state index is 7.32. The monoisotopic (exact) mass is 166 g/mol. The van der Waals surface area contributed by atoms with Crippen LogP contribution in [0.4, 0.5) is 5.82 Å². The van der Waals surface area contributed by atoms with Gasteiger partial charge in [-0.1, -0.05) is 0 Å². The second-order valence-electron chi connectivity index (χ2n) is 1.62. The fourth-order valence-corrected chi connectivity index (χ4v) is 0.456. The van der Waals surface area contributed by atoms with Crippen molar-refractivity contribution in [2.75, 3.05) is 12.6 Å². The first-order valence-corrected chi connectivity index (χ1v) is 3.21. The molecule has 0 unspecified atom stereocenters. The zero-order valence-electron chi connectivity index (χ0n) is 6.98. The first-order valence-electron chi connectivity index (χ1n) is 3.21. The largest absolute Gasteiger partial charge is 0.278 e. The Hall–Kier alpha value is -1.67. The number of nitriles is 1. The summed E-state index contributed by atoms with van der Waals surface area (Å²) in [5, 5.41) is 7.32. The molecule has 12 heavy (non-hydrogen) atoms. The fourth-order valence-electron chi connectivity index (χ4n) is 0.456. The van der Waals surface area contributed by atoms with E-state index in [0.29, 0.717) is 5.82 Å². The molecule has 1 rings (SSSR count). The zero-order chi connectivity index (χ0) is 9.23. The van der Waals surface area contributed by atoms with Crippen LogP contribution in [-0.2, 0) is 4.84 Å². The van der Waals surface area contributed by atoms with Crippen LogP contribution in [-0.4, -0.2) is 17.1 Å². The molecule has 0 aliphatic carbocycles. The molecule has 1 N–H and O–H groups in total. The molecule has 0 aliphatic heterocycles. The third-order valence-corrected chi connectivity index (χ3v) is 0.770. The van der Waals surface area contributed by atoms with Gasteiger partial charge in [-0.3, -0.25) is 9.82 Å². The number of hydrogen-bond donors (Lipinski definition) is 1. The van der Waals surface area contributed by atoms with Gasteiger partial charge < -0.3 is 0 Å². The zero-order valence-corrected chi connectivity index (χ0v) is 6.98. The van der Waals surface area contributed by atoms with Gasteiger partial charge in [-0.15, -0.1) is 0 Å². The summed E-state index contributed by atoms with van der Waals surface area (Å²) in [4.78, 5) is 12.2. The molecule has 1 aromatic heterocycles. The molecular weight excluding hydrogens is 156 g/mol. The summed E-state index contributed by atoms with van der Waals surface area (Å²) < 4.78 is 0. The van der Waals surface area contributed by atoms with Gasteiger partial charge in [-0.05, 0) is 0 Å². The molecule has 1 heterocycles. The standard InChI is InChI=1S/C5H7N3O.C2H3N/c1-9-8-5-4-6-2-3-7-5;1-2-3/h2-4H,1H3,(H,7,8);1H3. The van der Waals surface area contributed by atoms with E-state index in [0.717, 1.165) is 0 Å². The van der Waals surface area contributed by atoms with Crippen molar-refractivity contribution in [3.8, 4) is 6.07 Å². The van der Waals surface area contributed by atoms with E-state index in [1.165, 1.54) is 14.0 Å². The minimum Gasteiger partial charge on any atom is -0.278 e. The molecule has 0 atom stereocenters. The number of rotatable bonds is 2. The second-order valence-corrected chi connectivity index (χ2v) is 1.62. The van der Waals surface area contributed by atoms with Crippen molar-refractivity contribution in [2.24, 2.45) is 0 Å². The van der Waals surface area contributed by atoms with Crippen molar-refractivity contribution in [3.63, 3.8) is 0 Å². The third-order valence-electron chi connectivity index (χ3n) is 0.770. The molecular formula is C7H10N4O. The van der Waals surface area contributed by atoms with Crippen LogP contribution >= 0.6 is 0 Å². The molecule has 0 saturated carbocycles. The smallest absolute Gasteiger partial charge is 0.168 e. The summed E-state index contributed by atoms with van der Waals surface area (Å²) in [6.45, 7) is 1.43. The van der Waals surface area contributed by atoms with Crippen molar-refractivity contribution < 1.29 is 4.84 Å². The molecule has 0 amide bonds. The average Bonchev–Trinajstić information content (AvgIpc) is 2.08. The molecule has 0 saturated heterocycles. The Morgan fingerprint density at radius 2 is 2.25 bits per heavy atom. The molecule has 0 fully saturated rings. The summed E-state index contributed by atoms with van der Waals surface area (Å²) >= 11 is 0. The van der Waals surface area contributed by atoms with Gasteiger partial charge in [0.1, 0.15) is 0 Å². The van der Waals surface area contributed by atoms with Gasteiger partial charge in [0.15, 0.2) is 5.82 Å². The predicted octanol–water partition coefficient (Wildman–Crippen LogP) is 0.980. The number of anilines is 1. The van der Waals surface area contributed by atoms with Gasteiger partial charge in [-0.25, -0.2) is 10.5 Å². The molecule has 0 aromatic carbocycles. The maximum Gasteiger partial charge on any atom is 0.168 e. The number of hydrogen-bond acceptors (Lipinski definition) is 5. The second kappa shape index (κ2) is 7.44. The van der Waals surface area contributed by atoms with Crippen molar-refractivity contribution in [3.05, 3.63) is 18.6 Å². The quantitative estimate of drug-likeness (QED) is 0.663. The highest BCUT2D eigenvalue weighted by Crippen LogP contribution is 1.94. The van der Waals surface area contributed by atoms with Crippen LogP contribution in [0.25, 0.3) is 0 Å². The van der Waals surface area contributed by atoms with E-state index in [4.69, 9.17) is 5.26 Å². The van der Waals surface area contributed by atoms with E-state index in [9.17, 15) is 0 Å². The van der Waals surface area contributed by atoms with E-state index >= 15 is 0 Å². The van der Waals surface area contributed by atoms with E-state index < -0.39 is 0 Å². The van der Waals surface area contributed by atoms with Crippen molar-refractivity contribution in [1.29, 1.82) is 5.26 Å². The van der Waals surface area contributed by atoms with Crippen molar-refractivity contribution in [2.45, 2.75) is 6.92 Å². The molecule has 0 radical (unpaired) electrons. The molecule has 0 aliphatic rings. The van der Waals surface area contributed by atoms with Gasteiger partial charge in [-0.2, -0.15) is 5.26 Å². The first-order chi connectivity index (χ1) is 5.85. The van der Waals surface area contributed by atoms with Crippen LogP contribution in [0.15, 0.2) is 18.6 Å². The topological polar surface area (TPSA) is 70.8 Å². The van der Waals surface area contributed by atoms with E-state index in [1.54, 1.807) is 24.7 Å². The Bertz CT molecular complexity index is 231. The summed E-state index contributed by atoms with van der Waals surface area (Å²) in [5.41, 5.74) is 2.53. The van der Waals surface area contributed by atoms with Crippen molar-refractivity contribution >= 4 is 5.82 Å². The Morgan fingerprint density at radius 3 is 2.67 bits per heavy atom. The molecule has 64 valence electrons. The number of nitrogens with zero attached hydrogens (tertiary/aromatic N) is 3. The van der Waals surface area contributed by atoms with Crippen molar-refractivity contribution in [1.82, 2.24) is 9.97 Å². The Morgan fingerprint density at radius 1 is 1.58 bits per heavy atom. The third kappa shape index (κ3) is 5.14. The normalized spacial score (nSPS) is 7.42. The van der Waals surface area contributed by atoms with Crippen LogP contribution < -0.4 is 5.48 Å². The van der Waals surface area contributed by atoms with E-state index in [-0.39, 0.29) is 0 Å². The lowest BCUT2D eigenvalue weighted by atomic mass is 10.7. The maximum absolute atomic E-state index is 7.32. The Balaban J connectivity index is 0.000000354. The first kappa shape index (κ1) is 10.3. The SMILES string of the molecule is CC#N.CONc1cnccn1. The molecule has 5 nitrogen and oxygen atoms in total. The van der Waals surface area contributed by atoms with Crippen LogP contribution in [0.2, 0.25) is 0 Å². The molecule has 5 heteroatoms. The molecule has 0 bridgehead atoms. The highest BCUT2D eigenvalue weighted by atomic mass is 16.6. The van der Waals surface area contributed by atoms with Crippen LogP contribution in [0.1, 0.15) is 6.92 Å². The fraction of sp³-hybridized carbons (Fsp3) is 0.286. The highest BCUT2D eigenvalue weighted by molar-refractivity contribution is 5.25. The van der Waals surface area contributed by atoms with E-state index in [2.05, 4.69) is 20.3 Å². The predicted molar refractivity (Wildman–Crippen MR) is 44.0 cm³/mol. The lowest BCUT2D eigenvalue weighted by Crippen LogP contribution is -1.97. The minimum atomic E-state index is 0.611. The highest BCUT2D eigenvalue weighted by Gasteiger charge is 1.85. The van der Waals surface area contributed by atoms with Gasteiger partial charge in [0.05, 0.1) is 19.4 Å². The Kier molecular flexibility index (Phi) is 6.40. The minimum absolute atomic E-state index is 0.611. The van der Waals surface area contributed by atoms with E-state index in [1.807, 2.05) is 0 Å². The molecule has 1 aromatic rings. The summed E-state index contributed by atoms with van der Waals surface area (Å²) in [6.07, 6.45) is 4.76. The van der Waals surface area contributed by atoms with Crippen LogP contribution in [0, 0.1) is 11.3 Å². The average molecular weight is 166 g/mol. The summed E-state index contributed by atoms with van der Waals surface area (Å²) in [7, 11) is 1.52. The van der Waals surface area contributed by atoms with Gasteiger partial charge in [0.2, 0.25) is 0 Å². The van der Waals surface area contributed by atoms with Crippen LogP contribution in [0.3, 0.4) is 0 Å². The molecule has 0 spiro atoms.